The zero-order valence-electron chi connectivity index (χ0n) is 13.7. The van der Waals surface area contributed by atoms with E-state index in [4.69, 9.17) is 4.74 Å². The Balaban J connectivity index is 1.67. The minimum atomic E-state index is -0.545. The lowest BCUT2D eigenvalue weighted by Gasteiger charge is -2.09. The molecule has 0 atom stereocenters. The number of hydrogen-bond donors (Lipinski definition) is 0. The first-order valence-electron chi connectivity index (χ1n) is 7.84. The SMILES string of the molecule is O=C(Cc1ccc(F)cn1)c1cc(Oc2cncc(F)c2)cn2cnnc12. The maximum atomic E-state index is 13.3. The summed E-state index contributed by atoms with van der Waals surface area (Å²) in [5.74, 6) is -0.859. The van der Waals surface area contributed by atoms with Crippen LogP contribution in [0.2, 0.25) is 0 Å². The molecule has 27 heavy (non-hydrogen) atoms. The number of ketones is 1. The lowest BCUT2D eigenvalue weighted by Crippen LogP contribution is -2.08. The predicted molar refractivity (Wildman–Crippen MR) is 89.5 cm³/mol. The third kappa shape index (κ3) is 3.61. The van der Waals surface area contributed by atoms with Crippen LogP contribution in [0.5, 0.6) is 11.5 Å². The van der Waals surface area contributed by atoms with Crippen molar-refractivity contribution in [2.24, 2.45) is 0 Å². The highest BCUT2D eigenvalue weighted by atomic mass is 19.1. The summed E-state index contributed by atoms with van der Waals surface area (Å²) in [6, 6.07) is 5.33. The average Bonchev–Trinajstić information content (AvgIpc) is 3.11. The first-order valence-corrected chi connectivity index (χ1v) is 7.84. The van der Waals surface area contributed by atoms with Crippen LogP contribution in [0.25, 0.3) is 5.65 Å². The molecular formula is C18H11F2N5O2. The smallest absolute Gasteiger partial charge is 0.172 e. The van der Waals surface area contributed by atoms with Crippen molar-refractivity contribution < 1.29 is 18.3 Å². The van der Waals surface area contributed by atoms with Crippen molar-refractivity contribution in [3.8, 4) is 11.5 Å². The van der Waals surface area contributed by atoms with Gasteiger partial charge in [-0.25, -0.2) is 8.78 Å². The summed E-state index contributed by atoms with van der Waals surface area (Å²) in [6.45, 7) is 0. The largest absolute Gasteiger partial charge is 0.454 e. The molecule has 0 radical (unpaired) electrons. The van der Waals surface area contributed by atoms with Gasteiger partial charge in [0.1, 0.15) is 29.5 Å². The van der Waals surface area contributed by atoms with Crippen LogP contribution in [-0.4, -0.2) is 30.3 Å². The number of halogens is 2. The first-order chi connectivity index (χ1) is 13.1. The summed E-state index contributed by atoms with van der Waals surface area (Å²) >= 11 is 0. The van der Waals surface area contributed by atoms with E-state index in [0.29, 0.717) is 11.3 Å². The van der Waals surface area contributed by atoms with Crippen LogP contribution < -0.4 is 4.74 Å². The highest BCUT2D eigenvalue weighted by Crippen LogP contribution is 2.24. The standard InChI is InChI=1S/C18H11F2N5O2/c19-11-1-2-13(22-7-11)4-17(26)16-5-15(9-25-10-23-24-18(16)25)27-14-3-12(20)6-21-8-14/h1-3,5-10H,4H2. The molecule has 0 aliphatic heterocycles. The Morgan fingerprint density at radius 3 is 2.74 bits per heavy atom. The fourth-order valence-corrected chi connectivity index (χ4v) is 2.53. The second-order valence-electron chi connectivity index (χ2n) is 5.66. The Morgan fingerprint density at radius 2 is 1.96 bits per heavy atom. The lowest BCUT2D eigenvalue weighted by molar-refractivity contribution is 0.0992. The monoisotopic (exact) mass is 367 g/mol. The molecule has 0 unspecified atom stereocenters. The number of fused-ring (bicyclic) bond motifs is 1. The maximum Gasteiger partial charge on any atom is 0.172 e. The van der Waals surface area contributed by atoms with Gasteiger partial charge >= 0.3 is 0 Å². The summed E-state index contributed by atoms with van der Waals surface area (Å²) in [5, 5.41) is 7.73. The van der Waals surface area contributed by atoms with E-state index < -0.39 is 11.6 Å². The van der Waals surface area contributed by atoms with E-state index in [1.165, 1.54) is 41.2 Å². The predicted octanol–water partition coefficient (Wildman–Crippen LogP) is 3.02. The molecule has 0 aliphatic rings. The van der Waals surface area contributed by atoms with Crippen molar-refractivity contribution in [3.05, 3.63) is 78.3 Å². The van der Waals surface area contributed by atoms with Gasteiger partial charge in [-0.05, 0) is 18.2 Å². The Morgan fingerprint density at radius 1 is 1.07 bits per heavy atom. The molecule has 134 valence electrons. The molecule has 4 rings (SSSR count). The van der Waals surface area contributed by atoms with Crippen molar-refractivity contribution in [2.75, 3.05) is 0 Å². The molecule has 7 nitrogen and oxygen atoms in total. The summed E-state index contributed by atoms with van der Waals surface area (Å²) in [5.41, 5.74) is 1.01. The molecule has 0 amide bonds. The average molecular weight is 367 g/mol. The Labute approximate surface area is 151 Å². The number of carbonyl (C=O) groups is 1. The lowest BCUT2D eigenvalue weighted by atomic mass is 10.1. The second kappa shape index (κ2) is 6.87. The van der Waals surface area contributed by atoms with Gasteiger partial charge in [0, 0.05) is 11.8 Å². The third-order valence-corrected chi connectivity index (χ3v) is 3.71. The summed E-state index contributed by atoms with van der Waals surface area (Å²) in [4.78, 5) is 20.3. The van der Waals surface area contributed by atoms with Crippen LogP contribution >= 0.6 is 0 Å². The first kappa shape index (κ1) is 16.7. The van der Waals surface area contributed by atoms with Gasteiger partial charge in [0.2, 0.25) is 0 Å². The van der Waals surface area contributed by atoms with Crippen molar-refractivity contribution >= 4 is 11.4 Å². The number of rotatable bonds is 5. The molecule has 0 bridgehead atoms. The number of ether oxygens (including phenoxy) is 1. The number of hydrogen-bond acceptors (Lipinski definition) is 6. The number of carbonyl (C=O) groups excluding carboxylic acids is 1. The van der Waals surface area contributed by atoms with Gasteiger partial charge in [0.25, 0.3) is 0 Å². The highest BCUT2D eigenvalue weighted by molar-refractivity contribution is 6.02. The molecule has 4 aromatic heterocycles. The molecule has 0 saturated carbocycles. The number of nitrogens with zero attached hydrogens (tertiary/aromatic N) is 5. The van der Waals surface area contributed by atoms with E-state index in [-0.39, 0.29) is 29.3 Å². The molecule has 0 saturated heterocycles. The zero-order valence-corrected chi connectivity index (χ0v) is 13.7. The summed E-state index contributed by atoms with van der Waals surface area (Å²) in [7, 11) is 0. The van der Waals surface area contributed by atoms with Crippen molar-refractivity contribution in [2.45, 2.75) is 6.42 Å². The number of aromatic nitrogens is 5. The third-order valence-electron chi connectivity index (χ3n) is 3.71. The van der Waals surface area contributed by atoms with Gasteiger partial charge in [-0.2, -0.15) is 0 Å². The van der Waals surface area contributed by atoms with Gasteiger partial charge in [-0.15, -0.1) is 10.2 Å². The molecule has 4 aromatic rings. The molecular weight excluding hydrogens is 356 g/mol. The minimum absolute atomic E-state index is 0.0478. The van der Waals surface area contributed by atoms with E-state index in [1.807, 2.05) is 0 Å². The maximum absolute atomic E-state index is 13.3. The highest BCUT2D eigenvalue weighted by Gasteiger charge is 2.16. The Bertz CT molecular complexity index is 1130. The molecule has 0 aliphatic carbocycles. The van der Waals surface area contributed by atoms with Crippen LogP contribution in [0.3, 0.4) is 0 Å². The van der Waals surface area contributed by atoms with E-state index in [0.717, 1.165) is 12.4 Å². The fraction of sp³-hybridized carbons (Fsp3) is 0.0556. The topological polar surface area (TPSA) is 82.3 Å². The quantitative estimate of drug-likeness (QED) is 0.504. The molecule has 4 heterocycles. The van der Waals surface area contributed by atoms with Gasteiger partial charge in [-0.1, -0.05) is 0 Å². The van der Waals surface area contributed by atoms with Gasteiger partial charge in [0.15, 0.2) is 11.4 Å². The zero-order chi connectivity index (χ0) is 18.8. The van der Waals surface area contributed by atoms with Gasteiger partial charge in [0.05, 0.1) is 36.8 Å². The van der Waals surface area contributed by atoms with Gasteiger partial charge in [-0.3, -0.25) is 19.2 Å². The second-order valence-corrected chi connectivity index (χ2v) is 5.66. The normalized spacial score (nSPS) is 10.9. The van der Waals surface area contributed by atoms with Crippen molar-refractivity contribution in [1.82, 2.24) is 24.6 Å². The van der Waals surface area contributed by atoms with Crippen LogP contribution in [-0.2, 0) is 6.42 Å². The van der Waals surface area contributed by atoms with Crippen molar-refractivity contribution in [3.63, 3.8) is 0 Å². The Hall–Kier alpha value is -3.75. The Kier molecular flexibility index (Phi) is 4.25. The van der Waals surface area contributed by atoms with Crippen LogP contribution in [0.15, 0.2) is 55.4 Å². The molecule has 9 heteroatoms. The van der Waals surface area contributed by atoms with Crippen LogP contribution in [0.4, 0.5) is 8.78 Å². The van der Waals surface area contributed by atoms with Gasteiger partial charge < -0.3 is 4.74 Å². The number of pyridine rings is 3. The number of Topliss-reactive ketones (excluding diaryl/α,β-unsaturated/α-hetero) is 1. The summed E-state index contributed by atoms with van der Waals surface area (Å²) in [6.07, 6.45) is 6.38. The molecule has 0 aromatic carbocycles. The molecule has 0 fully saturated rings. The van der Waals surface area contributed by atoms with Crippen molar-refractivity contribution in [1.29, 1.82) is 0 Å². The van der Waals surface area contributed by atoms with E-state index in [2.05, 4.69) is 20.2 Å². The molecule has 0 spiro atoms. The van der Waals surface area contributed by atoms with Crippen LogP contribution in [0.1, 0.15) is 16.1 Å². The molecule has 0 N–H and O–H groups in total. The fourth-order valence-electron chi connectivity index (χ4n) is 2.53. The van der Waals surface area contributed by atoms with E-state index in [9.17, 15) is 13.6 Å². The minimum Gasteiger partial charge on any atom is -0.454 e. The van der Waals surface area contributed by atoms with E-state index in [1.54, 1.807) is 6.20 Å². The van der Waals surface area contributed by atoms with Crippen LogP contribution in [0, 0.1) is 11.6 Å². The van der Waals surface area contributed by atoms with E-state index >= 15 is 0 Å². The summed E-state index contributed by atoms with van der Waals surface area (Å²) < 4.78 is 33.4.